The number of aromatic nitrogens is 1. The Labute approximate surface area is 140 Å². The zero-order valence-corrected chi connectivity index (χ0v) is 15.0. The molecular weight excluding hydrogens is 336 g/mol. The number of ether oxygens (including phenoxy) is 1. The zero-order valence-electron chi connectivity index (χ0n) is 13.4. The Morgan fingerprint density at radius 2 is 2.30 bits per heavy atom. The molecule has 128 valence electrons. The molecule has 2 saturated heterocycles. The maximum atomic E-state index is 12.6. The summed E-state index contributed by atoms with van der Waals surface area (Å²) in [6.07, 6.45) is 4.48. The molecule has 1 aromatic heterocycles. The minimum atomic E-state index is -3.01. The smallest absolute Gasteiger partial charge is 0.313 e. The van der Waals surface area contributed by atoms with E-state index < -0.39 is 15.3 Å². The van der Waals surface area contributed by atoms with E-state index in [1.54, 1.807) is 5.51 Å². The van der Waals surface area contributed by atoms with Gasteiger partial charge in [0.25, 0.3) is 0 Å². The molecule has 2 aliphatic rings. The number of thiazole rings is 1. The van der Waals surface area contributed by atoms with Crippen molar-refractivity contribution < 1.29 is 17.9 Å². The third kappa shape index (κ3) is 3.16. The van der Waals surface area contributed by atoms with E-state index in [9.17, 15) is 13.2 Å². The predicted molar refractivity (Wildman–Crippen MR) is 88.1 cm³/mol. The molecule has 0 aliphatic carbocycles. The molecule has 0 amide bonds. The van der Waals surface area contributed by atoms with Crippen LogP contribution in [0.25, 0.3) is 0 Å². The highest BCUT2D eigenvalue weighted by Crippen LogP contribution is 2.52. The number of sulfone groups is 1. The molecule has 0 saturated carbocycles. The Morgan fingerprint density at radius 3 is 2.91 bits per heavy atom. The van der Waals surface area contributed by atoms with Crippen LogP contribution in [0.1, 0.15) is 25.0 Å². The molecule has 2 bridgehead atoms. The van der Waals surface area contributed by atoms with Gasteiger partial charge in [-0.25, -0.2) is 13.4 Å². The second-order valence-corrected chi connectivity index (χ2v) is 9.60. The van der Waals surface area contributed by atoms with E-state index in [2.05, 4.69) is 9.88 Å². The minimum Gasteiger partial charge on any atom is -0.469 e. The molecule has 3 rings (SSSR count). The Kier molecular flexibility index (Phi) is 4.50. The minimum absolute atomic E-state index is 0.0448. The van der Waals surface area contributed by atoms with Crippen molar-refractivity contribution in [3.05, 3.63) is 16.6 Å². The first-order chi connectivity index (χ1) is 10.9. The third-order valence-corrected chi connectivity index (χ3v) is 6.73. The van der Waals surface area contributed by atoms with E-state index in [4.69, 9.17) is 4.74 Å². The lowest BCUT2D eigenvalue weighted by atomic mass is 9.71. The number of hydrogen-bond donors (Lipinski definition) is 0. The van der Waals surface area contributed by atoms with Crippen molar-refractivity contribution in [2.24, 2.45) is 5.41 Å². The van der Waals surface area contributed by atoms with Gasteiger partial charge in [0.2, 0.25) is 0 Å². The van der Waals surface area contributed by atoms with Gasteiger partial charge in [-0.05, 0) is 19.3 Å². The average molecular weight is 358 g/mol. The van der Waals surface area contributed by atoms with Crippen molar-refractivity contribution in [2.75, 3.05) is 25.7 Å². The van der Waals surface area contributed by atoms with E-state index in [1.807, 2.05) is 5.38 Å². The van der Waals surface area contributed by atoms with Crippen molar-refractivity contribution in [3.63, 3.8) is 0 Å². The van der Waals surface area contributed by atoms with E-state index in [1.165, 1.54) is 24.7 Å². The second kappa shape index (κ2) is 6.14. The van der Waals surface area contributed by atoms with Crippen LogP contribution in [0.15, 0.2) is 10.9 Å². The maximum Gasteiger partial charge on any atom is 0.313 e. The molecule has 0 aromatic carbocycles. The van der Waals surface area contributed by atoms with Gasteiger partial charge < -0.3 is 4.74 Å². The quantitative estimate of drug-likeness (QED) is 0.710. The average Bonchev–Trinajstić information content (AvgIpc) is 3.19. The van der Waals surface area contributed by atoms with E-state index in [0.717, 1.165) is 25.0 Å². The summed E-state index contributed by atoms with van der Waals surface area (Å²) in [5.74, 6) is -0.0597. The lowest BCUT2D eigenvalue weighted by molar-refractivity contribution is -0.154. The van der Waals surface area contributed by atoms with Crippen LogP contribution < -0.4 is 0 Å². The van der Waals surface area contributed by atoms with Crippen molar-refractivity contribution in [3.8, 4) is 0 Å². The number of hydrogen-bond acceptors (Lipinski definition) is 7. The van der Waals surface area contributed by atoms with E-state index in [-0.39, 0.29) is 23.8 Å². The maximum absolute atomic E-state index is 12.6. The van der Waals surface area contributed by atoms with Crippen LogP contribution >= 0.6 is 11.3 Å². The number of carbonyl (C=O) groups excluding carboxylic acids is 1. The van der Waals surface area contributed by atoms with Gasteiger partial charge in [0, 0.05) is 36.7 Å². The molecule has 8 heteroatoms. The molecule has 2 aliphatic heterocycles. The van der Waals surface area contributed by atoms with Crippen LogP contribution in [0.5, 0.6) is 0 Å². The van der Waals surface area contributed by atoms with E-state index >= 15 is 0 Å². The largest absolute Gasteiger partial charge is 0.469 e. The van der Waals surface area contributed by atoms with Crippen LogP contribution in [0.3, 0.4) is 0 Å². The summed E-state index contributed by atoms with van der Waals surface area (Å²) in [6, 6.07) is 0.308. The van der Waals surface area contributed by atoms with Crippen molar-refractivity contribution in [2.45, 2.75) is 37.8 Å². The van der Waals surface area contributed by atoms with Crippen LogP contribution in [0.4, 0.5) is 0 Å². The highest BCUT2D eigenvalue weighted by molar-refractivity contribution is 7.90. The van der Waals surface area contributed by atoms with Gasteiger partial charge in [-0.2, -0.15) is 0 Å². The zero-order chi connectivity index (χ0) is 16.7. The Morgan fingerprint density at radius 1 is 1.52 bits per heavy atom. The summed E-state index contributed by atoms with van der Waals surface area (Å²) in [5, 5.41) is 1.97. The molecule has 3 heterocycles. The monoisotopic (exact) mass is 358 g/mol. The molecule has 23 heavy (non-hydrogen) atoms. The number of carbonyl (C=O) groups is 1. The summed E-state index contributed by atoms with van der Waals surface area (Å²) >= 11 is 1.52. The van der Waals surface area contributed by atoms with Crippen molar-refractivity contribution in [1.29, 1.82) is 0 Å². The lowest BCUT2D eigenvalue weighted by Gasteiger charge is -2.34. The van der Waals surface area contributed by atoms with Gasteiger partial charge in [0.15, 0.2) is 0 Å². The topological polar surface area (TPSA) is 76.6 Å². The van der Waals surface area contributed by atoms with Crippen molar-refractivity contribution >= 4 is 27.1 Å². The van der Waals surface area contributed by atoms with Gasteiger partial charge in [-0.1, -0.05) is 0 Å². The first-order valence-corrected chi connectivity index (χ1v) is 10.7. The fourth-order valence-electron chi connectivity index (χ4n) is 4.25. The standard InChI is InChI=1S/C15H22N2O4S2/c1-21-14(18)15(7-11-9-22-10-16-11)8-12-3-4-13(15)17(12)5-6-23(2,19)20/h9-10,12-13H,3-8H2,1-2H3/t12-,13+,15+/m1/s1. The lowest BCUT2D eigenvalue weighted by Crippen LogP contribution is -2.46. The van der Waals surface area contributed by atoms with Gasteiger partial charge in [0.1, 0.15) is 9.84 Å². The third-order valence-electron chi connectivity index (χ3n) is 5.17. The summed E-state index contributed by atoms with van der Waals surface area (Å²) < 4.78 is 28.1. The summed E-state index contributed by atoms with van der Waals surface area (Å²) in [4.78, 5) is 19.2. The van der Waals surface area contributed by atoms with Crippen LogP contribution in [-0.2, 0) is 25.8 Å². The summed E-state index contributed by atoms with van der Waals surface area (Å²) in [7, 11) is -1.58. The normalized spacial score (nSPS) is 30.7. The summed E-state index contributed by atoms with van der Waals surface area (Å²) in [6.45, 7) is 0.490. The van der Waals surface area contributed by atoms with Gasteiger partial charge in [0.05, 0.1) is 29.5 Å². The number of fused-ring (bicyclic) bond motifs is 2. The Hall–Kier alpha value is -0.990. The molecular formula is C15H22N2O4S2. The Bertz CT molecular complexity index is 674. The first-order valence-electron chi connectivity index (χ1n) is 7.75. The molecule has 2 fully saturated rings. The summed E-state index contributed by atoms with van der Waals surface area (Å²) in [5.41, 5.74) is 2.09. The van der Waals surface area contributed by atoms with Crippen molar-refractivity contribution in [1.82, 2.24) is 9.88 Å². The fourth-order valence-corrected chi connectivity index (χ4v) is 5.35. The molecule has 0 radical (unpaired) electrons. The van der Waals surface area contributed by atoms with E-state index in [0.29, 0.717) is 13.0 Å². The van der Waals surface area contributed by atoms with Gasteiger partial charge in [-0.3, -0.25) is 9.69 Å². The first kappa shape index (κ1) is 16.9. The van der Waals surface area contributed by atoms with Gasteiger partial charge in [-0.15, -0.1) is 11.3 Å². The molecule has 6 nitrogen and oxygen atoms in total. The molecule has 0 unspecified atom stereocenters. The predicted octanol–water partition coefficient (Wildman–Crippen LogP) is 1.13. The number of methoxy groups -OCH3 is 1. The Balaban J connectivity index is 1.85. The molecule has 0 N–H and O–H groups in total. The van der Waals surface area contributed by atoms with Crippen LogP contribution in [0.2, 0.25) is 0 Å². The number of esters is 1. The number of nitrogens with zero attached hydrogens (tertiary/aromatic N) is 2. The van der Waals surface area contributed by atoms with Gasteiger partial charge >= 0.3 is 5.97 Å². The SMILES string of the molecule is COC(=O)[C@@]1(Cc2cscn2)C[C@H]2CC[C@@H]1N2CCS(C)(=O)=O. The molecule has 1 aromatic rings. The highest BCUT2D eigenvalue weighted by Gasteiger charge is 2.60. The second-order valence-electron chi connectivity index (χ2n) is 6.62. The van der Waals surface area contributed by atoms with Crippen LogP contribution in [0, 0.1) is 5.41 Å². The highest BCUT2D eigenvalue weighted by atomic mass is 32.2. The molecule has 0 spiro atoms. The number of rotatable bonds is 6. The molecule has 3 atom stereocenters. The van der Waals surface area contributed by atoms with Crippen LogP contribution in [-0.4, -0.2) is 62.0 Å². The fraction of sp³-hybridized carbons (Fsp3) is 0.733.